The summed E-state index contributed by atoms with van der Waals surface area (Å²) in [5.74, 6) is 2.57. The zero-order valence-electron chi connectivity index (χ0n) is 31.1. The third kappa shape index (κ3) is 6.94. The van der Waals surface area contributed by atoms with Gasteiger partial charge in [-0.1, -0.05) is 83.5 Å². The first-order chi connectivity index (χ1) is 23.9. The van der Waals surface area contributed by atoms with Crippen molar-refractivity contribution >= 4 is 21.8 Å². The Balaban J connectivity index is 0.00000448. The van der Waals surface area contributed by atoms with Crippen LogP contribution in [0.15, 0.2) is 85.1 Å². The fourth-order valence-corrected chi connectivity index (χ4v) is 7.11. The number of para-hydroxylation sites is 1. The van der Waals surface area contributed by atoms with Crippen molar-refractivity contribution in [3.8, 4) is 34.1 Å². The number of ether oxygens (including phenoxy) is 1. The van der Waals surface area contributed by atoms with Crippen molar-refractivity contribution in [3.05, 3.63) is 131 Å². The Morgan fingerprint density at radius 1 is 0.804 bits per heavy atom. The Labute approximate surface area is 317 Å². The van der Waals surface area contributed by atoms with E-state index in [0.717, 1.165) is 57.4 Å². The number of aromatic nitrogens is 4. The van der Waals surface area contributed by atoms with Crippen LogP contribution in [0.3, 0.4) is 0 Å². The number of rotatable bonds is 8. The average Bonchev–Trinajstić information content (AvgIpc) is 3.57. The predicted octanol–water partition coefficient (Wildman–Crippen LogP) is 11.4. The Kier molecular flexibility index (Phi) is 10.2. The van der Waals surface area contributed by atoms with Crippen molar-refractivity contribution in [2.45, 2.75) is 80.6 Å². The Hall–Kier alpha value is -4.47. The van der Waals surface area contributed by atoms with Crippen molar-refractivity contribution in [2.75, 3.05) is 0 Å². The van der Waals surface area contributed by atoms with E-state index >= 15 is 0 Å². The van der Waals surface area contributed by atoms with Gasteiger partial charge < -0.3 is 9.30 Å². The summed E-state index contributed by atoms with van der Waals surface area (Å²) in [4.78, 5) is 4.78. The molecular weight excluding hydrogens is 808 g/mol. The second-order valence-electron chi connectivity index (χ2n) is 15.0. The normalized spacial score (nSPS) is 11.8. The van der Waals surface area contributed by atoms with E-state index in [9.17, 15) is 0 Å². The maximum absolute atomic E-state index is 6.71. The second kappa shape index (κ2) is 14.3. The summed E-state index contributed by atoms with van der Waals surface area (Å²) in [6, 6.07) is 34.9. The van der Waals surface area contributed by atoms with Gasteiger partial charge in [0.05, 0.1) is 11.4 Å². The van der Waals surface area contributed by atoms with Crippen LogP contribution in [0.5, 0.6) is 11.5 Å². The number of hydrogen-bond acceptors (Lipinski definition) is 3. The molecule has 0 unspecified atom stereocenters. The first-order valence-electron chi connectivity index (χ1n) is 17.7. The zero-order valence-corrected chi connectivity index (χ0v) is 33.4. The van der Waals surface area contributed by atoms with E-state index in [1.807, 2.05) is 12.3 Å². The first kappa shape index (κ1) is 36.3. The second-order valence-corrected chi connectivity index (χ2v) is 15.0. The number of fused-ring (bicyclic) bond motifs is 3. The molecule has 0 radical (unpaired) electrons. The summed E-state index contributed by atoms with van der Waals surface area (Å²) < 4.78 is 11.0. The fraction of sp³-hybridized carbons (Fsp3) is 0.289. The van der Waals surface area contributed by atoms with E-state index in [-0.39, 0.29) is 26.5 Å². The zero-order chi connectivity index (χ0) is 35.3. The van der Waals surface area contributed by atoms with Crippen LogP contribution < -0.4 is 4.74 Å². The van der Waals surface area contributed by atoms with Crippen molar-refractivity contribution in [1.82, 2.24) is 19.3 Å². The Bertz CT molecular complexity index is 2350. The van der Waals surface area contributed by atoms with Crippen LogP contribution in [0, 0.1) is 38.8 Å². The van der Waals surface area contributed by atoms with Crippen molar-refractivity contribution in [3.63, 3.8) is 0 Å². The van der Waals surface area contributed by atoms with E-state index in [2.05, 4.69) is 156 Å². The van der Waals surface area contributed by atoms with Crippen LogP contribution in [-0.2, 0) is 39.3 Å². The van der Waals surface area contributed by atoms with Gasteiger partial charge in [-0.2, -0.15) is 11.2 Å². The summed E-state index contributed by atoms with van der Waals surface area (Å²) in [5, 5.41) is 7.46. The van der Waals surface area contributed by atoms with E-state index < -0.39 is 0 Å². The standard InChI is InChI=1S/C45H46N4O.Pt/c1-10-32-20-21-46-42(23-32)48-39-17-12-11-16-37(39)38-19-18-35(27-40(38)48)50-36-25-33(45(7,8)9)24-34(26-36)49-41(22-28(2)3)44(31(6)47-49)43-29(4)14-13-15-30(43)5;/h11-21,23-25,28H,10,22H2,1-9H3;/q-2;+2. The minimum atomic E-state index is -0.131. The number of hydrogen-bond donors (Lipinski definition) is 0. The molecule has 6 heteroatoms. The summed E-state index contributed by atoms with van der Waals surface area (Å²) >= 11 is 0. The van der Waals surface area contributed by atoms with Crippen LogP contribution in [0.25, 0.3) is 44.4 Å². The molecule has 0 bridgehead atoms. The third-order valence-corrected chi connectivity index (χ3v) is 9.64. The van der Waals surface area contributed by atoms with Gasteiger partial charge in [0.15, 0.2) is 0 Å². The SMILES string of the molecule is CCc1ccnc(-n2c3[c-]c(Oc4[c-]c(-n5nc(C)c(-c6c(C)cccc6C)c5CC(C)C)cc(C(C)(C)C)c4)ccc3c3ccccc32)c1.[Pt+2]. The molecule has 0 spiro atoms. The summed E-state index contributed by atoms with van der Waals surface area (Å²) in [6.45, 7) is 19.9. The molecule has 3 aromatic heterocycles. The van der Waals surface area contributed by atoms with Crippen molar-refractivity contribution in [1.29, 1.82) is 0 Å². The van der Waals surface area contributed by atoms with E-state index in [0.29, 0.717) is 17.4 Å². The number of aryl methyl sites for hydroxylation is 4. The maximum atomic E-state index is 6.71. The molecular formula is C45H46N4OPt. The maximum Gasteiger partial charge on any atom is 2.00 e. The molecule has 51 heavy (non-hydrogen) atoms. The number of pyridine rings is 1. The van der Waals surface area contributed by atoms with Gasteiger partial charge in [-0.15, -0.1) is 41.3 Å². The topological polar surface area (TPSA) is 44.9 Å². The molecule has 0 N–H and O–H groups in total. The van der Waals surface area contributed by atoms with Gasteiger partial charge >= 0.3 is 21.1 Å². The fourth-order valence-electron chi connectivity index (χ4n) is 7.11. The van der Waals surface area contributed by atoms with E-state index in [1.165, 1.54) is 33.5 Å². The molecule has 7 rings (SSSR count). The first-order valence-corrected chi connectivity index (χ1v) is 17.7. The Morgan fingerprint density at radius 3 is 2.25 bits per heavy atom. The van der Waals surface area contributed by atoms with Gasteiger partial charge in [-0.05, 0) is 96.5 Å². The molecule has 0 aliphatic carbocycles. The molecule has 3 heterocycles. The number of benzene rings is 4. The van der Waals surface area contributed by atoms with Gasteiger partial charge in [-0.3, -0.25) is 4.68 Å². The summed E-state index contributed by atoms with van der Waals surface area (Å²) in [6.07, 6.45) is 3.71. The summed E-state index contributed by atoms with van der Waals surface area (Å²) in [5.41, 5.74) is 12.4. The molecule has 0 saturated heterocycles. The molecule has 5 nitrogen and oxygen atoms in total. The van der Waals surface area contributed by atoms with Gasteiger partial charge in [0.1, 0.15) is 5.82 Å². The van der Waals surface area contributed by atoms with Crippen LogP contribution >= 0.6 is 0 Å². The Morgan fingerprint density at radius 2 is 1.55 bits per heavy atom. The molecule has 7 aromatic rings. The monoisotopic (exact) mass is 853 g/mol. The van der Waals surface area contributed by atoms with Crippen molar-refractivity contribution in [2.24, 2.45) is 5.92 Å². The molecule has 4 aromatic carbocycles. The molecule has 0 saturated carbocycles. The predicted molar refractivity (Wildman–Crippen MR) is 206 cm³/mol. The van der Waals surface area contributed by atoms with Crippen LogP contribution in [0.4, 0.5) is 0 Å². The van der Waals surface area contributed by atoms with Crippen LogP contribution in [0.2, 0.25) is 0 Å². The molecule has 0 atom stereocenters. The molecule has 0 aliphatic heterocycles. The minimum absolute atomic E-state index is 0. The molecule has 0 fully saturated rings. The average molecular weight is 854 g/mol. The largest absolute Gasteiger partial charge is 2.00 e. The van der Waals surface area contributed by atoms with Gasteiger partial charge in [0.2, 0.25) is 0 Å². The third-order valence-electron chi connectivity index (χ3n) is 9.64. The van der Waals surface area contributed by atoms with Gasteiger partial charge in [0, 0.05) is 28.8 Å². The van der Waals surface area contributed by atoms with Crippen LogP contribution in [0.1, 0.15) is 75.2 Å². The summed E-state index contributed by atoms with van der Waals surface area (Å²) in [7, 11) is 0. The molecule has 262 valence electrons. The smallest absolute Gasteiger partial charge is 0.509 e. The van der Waals surface area contributed by atoms with E-state index in [4.69, 9.17) is 14.8 Å². The van der Waals surface area contributed by atoms with E-state index in [1.54, 1.807) is 0 Å². The van der Waals surface area contributed by atoms with Gasteiger partial charge in [0.25, 0.3) is 0 Å². The van der Waals surface area contributed by atoms with Crippen molar-refractivity contribution < 1.29 is 25.8 Å². The minimum Gasteiger partial charge on any atom is -0.509 e. The molecule has 0 amide bonds. The number of nitrogens with zero attached hydrogens (tertiary/aromatic N) is 4. The van der Waals surface area contributed by atoms with Crippen LogP contribution in [-0.4, -0.2) is 19.3 Å². The van der Waals surface area contributed by atoms with Gasteiger partial charge in [-0.25, -0.2) is 4.98 Å². The quantitative estimate of drug-likeness (QED) is 0.143. The molecule has 0 aliphatic rings.